The Hall–Kier alpha value is -0.0938. The molecule has 0 atom stereocenters. The lowest BCUT2D eigenvalue weighted by atomic mass is 10.2. The number of ether oxygens (including phenoxy) is 1. The molecule has 1 aromatic rings. The Balaban J connectivity index is 0.000000980. The second-order valence-corrected chi connectivity index (χ2v) is 3.28. The Labute approximate surface area is 101 Å². The molecule has 73 valence electrons. The van der Waals surface area contributed by atoms with Gasteiger partial charge < -0.3 is 4.74 Å². The van der Waals surface area contributed by atoms with Crippen LogP contribution < -0.4 is 0 Å². The second-order valence-electron chi connectivity index (χ2n) is 3.28. The van der Waals surface area contributed by atoms with Gasteiger partial charge in [-0.25, -0.2) is 0 Å². The van der Waals surface area contributed by atoms with E-state index >= 15 is 0 Å². The van der Waals surface area contributed by atoms with E-state index in [4.69, 9.17) is 4.74 Å². The van der Waals surface area contributed by atoms with E-state index in [0.29, 0.717) is 0 Å². The molecule has 1 aromatic carbocycles. The van der Waals surface area contributed by atoms with Gasteiger partial charge in [0.05, 0.1) is 13.2 Å². The van der Waals surface area contributed by atoms with Gasteiger partial charge in [0.1, 0.15) is 0 Å². The van der Waals surface area contributed by atoms with Crippen LogP contribution in [0.5, 0.6) is 0 Å². The molecule has 1 saturated heterocycles. The first-order valence-corrected chi connectivity index (χ1v) is 4.71. The van der Waals surface area contributed by atoms with Gasteiger partial charge in [-0.3, -0.25) is 4.90 Å². The van der Waals surface area contributed by atoms with Crippen molar-refractivity contribution in [3.05, 3.63) is 35.9 Å². The third-order valence-corrected chi connectivity index (χ3v) is 2.27. The molecule has 2 rings (SSSR count). The highest BCUT2D eigenvalue weighted by atomic mass is 24.3. The Kier molecular flexibility index (Phi) is 5.48. The van der Waals surface area contributed by atoms with Crippen LogP contribution in [0, 0.1) is 6.07 Å². The molecule has 1 radical (unpaired) electrons. The Bertz CT molecular complexity index is 247. The highest BCUT2D eigenvalue weighted by Gasteiger charge is 2.09. The minimum atomic E-state index is 0. The minimum absolute atomic E-state index is 0. The Morgan fingerprint density at radius 1 is 1.29 bits per heavy atom. The first-order chi connectivity index (χ1) is 6.45. The number of morpholine rings is 1. The lowest BCUT2D eigenvalue weighted by Gasteiger charge is -2.26. The van der Waals surface area contributed by atoms with Crippen molar-refractivity contribution in [1.82, 2.24) is 4.90 Å². The molecule has 0 bridgehead atoms. The van der Waals surface area contributed by atoms with E-state index in [2.05, 4.69) is 23.1 Å². The smallest absolute Gasteiger partial charge is 0.316 e. The van der Waals surface area contributed by atoms with Gasteiger partial charge in [0.25, 0.3) is 0 Å². The van der Waals surface area contributed by atoms with E-state index in [1.807, 2.05) is 12.1 Å². The Morgan fingerprint density at radius 2 is 2.07 bits per heavy atom. The molecular weight excluding hydrogens is 186 g/mol. The maximum atomic E-state index is 5.29. The van der Waals surface area contributed by atoms with Gasteiger partial charge >= 0.3 is 23.1 Å². The SMILES string of the molecule is [MgH2].[c]1ccccc1CN1CCOCC1. The molecule has 1 fully saturated rings. The first kappa shape index (κ1) is 12.0. The van der Waals surface area contributed by atoms with Crippen molar-refractivity contribution in [2.75, 3.05) is 26.3 Å². The zero-order valence-corrected chi connectivity index (χ0v) is 7.70. The van der Waals surface area contributed by atoms with Gasteiger partial charge in [-0.2, -0.15) is 0 Å². The summed E-state index contributed by atoms with van der Waals surface area (Å²) in [6, 6.07) is 11.4. The van der Waals surface area contributed by atoms with Crippen molar-refractivity contribution in [2.45, 2.75) is 6.54 Å². The molecule has 1 aliphatic rings. The van der Waals surface area contributed by atoms with Crippen LogP contribution in [0.3, 0.4) is 0 Å². The lowest BCUT2D eigenvalue weighted by molar-refractivity contribution is 0.0341. The van der Waals surface area contributed by atoms with Gasteiger partial charge in [0.2, 0.25) is 0 Å². The van der Waals surface area contributed by atoms with Gasteiger partial charge in [-0.15, -0.1) is 0 Å². The van der Waals surface area contributed by atoms with E-state index in [1.54, 1.807) is 0 Å². The fourth-order valence-electron chi connectivity index (χ4n) is 1.53. The van der Waals surface area contributed by atoms with Crippen molar-refractivity contribution in [2.24, 2.45) is 0 Å². The zero-order chi connectivity index (χ0) is 8.93. The summed E-state index contributed by atoms with van der Waals surface area (Å²) in [5, 5.41) is 0. The van der Waals surface area contributed by atoms with Crippen molar-refractivity contribution in [3.8, 4) is 0 Å². The van der Waals surface area contributed by atoms with E-state index < -0.39 is 0 Å². The number of rotatable bonds is 2. The van der Waals surface area contributed by atoms with Gasteiger partial charge in [-0.05, 0) is 11.6 Å². The fourth-order valence-corrected chi connectivity index (χ4v) is 1.53. The minimum Gasteiger partial charge on any atom is -0.379 e. The first-order valence-electron chi connectivity index (χ1n) is 4.71. The summed E-state index contributed by atoms with van der Waals surface area (Å²) in [4.78, 5) is 2.40. The average molecular weight is 203 g/mol. The number of nitrogens with zero attached hydrogens (tertiary/aromatic N) is 1. The largest absolute Gasteiger partial charge is 0.379 e. The monoisotopic (exact) mass is 202 g/mol. The summed E-state index contributed by atoms with van der Waals surface area (Å²) in [7, 11) is 0. The summed E-state index contributed by atoms with van der Waals surface area (Å²) >= 11 is 0. The molecule has 1 aliphatic heterocycles. The zero-order valence-electron chi connectivity index (χ0n) is 7.70. The molecule has 0 aromatic heterocycles. The van der Waals surface area contributed by atoms with E-state index in [9.17, 15) is 0 Å². The summed E-state index contributed by atoms with van der Waals surface area (Å²) in [6.07, 6.45) is 0. The summed E-state index contributed by atoms with van der Waals surface area (Å²) < 4.78 is 5.29. The van der Waals surface area contributed by atoms with Crippen LogP contribution in [0.4, 0.5) is 0 Å². The van der Waals surface area contributed by atoms with Crippen LogP contribution in [0.1, 0.15) is 5.56 Å². The van der Waals surface area contributed by atoms with Crippen LogP contribution >= 0.6 is 0 Å². The summed E-state index contributed by atoms with van der Waals surface area (Å²) in [5.74, 6) is 0. The van der Waals surface area contributed by atoms with Gasteiger partial charge in [0.15, 0.2) is 0 Å². The molecule has 14 heavy (non-hydrogen) atoms. The fraction of sp³-hybridized carbons (Fsp3) is 0.455. The Morgan fingerprint density at radius 3 is 2.71 bits per heavy atom. The molecule has 2 nitrogen and oxygen atoms in total. The molecular formula is C11H16MgNO. The van der Waals surface area contributed by atoms with Crippen molar-refractivity contribution < 1.29 is 4.74 Å². The standard InChI is InChI=1S/C11H14NO.Mg.2H/c1-2-4-11(5-3-1)10-12-6-8-13-9-7-12;;;/h1-4H,6-10H2;;;. The van der Waals surface area contributed by atoms with E-state index in [-0.39, 0.29) is 23.1 Å². The lowest BCUT2D eigenvalue weighted by Crippen LogP contribution is -2.35. The molecule has 0 aliphatic carbocycles. The quantitative estimate of drug-likeness (QED) is 0.644. The molecule has 1 heterocycles. The molecule has 3 heteroatoms. The van der Waals surface area contributed by atoms with Crippen LogP contribution in [0.25, 0.3) is 0 Å². The van der Waals surface area contributed by atoms with Crippen LogP contribution in [-0.4, -0.2) is 54.3 Å². The van der Waals surface area contributed by atoms with E-state index in [1.165, 1.54) is 5.56 Å². The molecule has 0 unspecified atom stereocenters. The molecule has 0 saturated carbocycles. The molecule has 0 spiro atoms. The van der Waals surface area contributed by atoms with Crippen molar-refractivity contribution in [3.63, 3.8) is 0 Å². The highest BCUT2D eigenvalue weighted by molar-refractivity contribution is 5.75. The maximum Gasteiger partial charge on any atom is 0.316 e. The topological polar surface area (TPSA) is 12.5 Å². The van der Waals surface area contributed by atoms with Gasteiger partial charge in [0, 0.05) is 19.6 Å². The van der Waals surface area contributed by atoms with E-state index in [0.717, 1.165) is 32.8 Å². The summed E-state index contributed by atoms with van der Waals surface area (Å²) in [5.41, 5.74) is 1.27. The van der Waals surface area contributed by atoms with Crippen molar-refractivity contribution in [1.29, 1.82) is 0 Å². The number of benzene rings is 1. The predicted octanol–water partition coefficient (Wildman–Crippen LogP) is 0.403. The molecule has 0 amide bonds. The molecule has 0 N–H and O–H groups in total. The average Bonchev–Trinajstić information content (AvgIpc) is 2.21. The van der Waals surface area contributed by atoms with Gasteiger partial charge in [-0.1, -0.05) is 24.3 Å². The number of hydrogen-bond acceptors (Lipinski definition) is 2. The van der Waals surface area contributed by atoms with Crippen LogP contribution in [0.15, 0.2) is 24.3 Å². The van der Waals surface area contributed by atoms with Crippen LogP contribution in [0.2, 0.25) is 0 Å². The predicted molar refractivity (Wildman–Crippen MR) is 59.9 cm³/mol. The highest BCUT2D eigenvalue weighted by Crippen LogP contribution is 2.05. The third kappa shape index (κ3) is 3.57. The normalized spacial score (nSPS) is 17.4. The number of hydrogen-bond donors (Lipinski definition) is 0. The van der Waals surface area contributed by atoms with Crippen LogP contribution in [-0.2, 0) is 11.3 Å². The summed E-state index contributed by atoms with van der Waals surface area (Å²) in [6.45, 7) is 4.83. The maximum absolute atomic E-state index is 5.29. The van der Waals surface area contributed by atoms with Crippen molar-refractivity contribution >= 4 is 23.1 Å². The second kappa shape index (κ2) is 6.40. The third-order valence-electron chi connectivity index (χ3n) is 2.27.